The molecule has 0 unspecified atom stereocenters. The van der Waals surface area contributed by atoms with Gasteiger partial charge >= 0.3 is 5.97 Å². The number of carboxylic acids is 1. The Bertz CT molecular complexity index is 1340. The summed E-state index contributed by atoms with van der Waals surface area (Å²) in [5.74, 6) is -1.39. The molecule has 2 aromatic heterocycles. The van der Waals surface area contributed by atoms with E-state index in [1.54, 1.807) is 30.5 Å². The van der Waals surface area contributed by atoms with Gasteiger partial charge in [0.1, 0.15) is 5.69 Å². The van der Waals surface area contributed by atoms with E-state index in [1.807, 2.05) is 6.07 Å². The molecular formula is C28H29ClFN3O5S. The number of aromatic nitrogens is 2. The van der Waals surface area contributed by atoms with Gasteiger partial charge in [0.25, 0.3) is 0 Å². The summed E-state index contributed by atoms with van der Waals surface area (Å²) >= 11 is 7.10. The number of methoxy groups -OCH3 is 1. The van der Waals surface area contributed by atoms with Gasteiger partial charge in [0.15, 0.2) is 5.13 Å². The van der Waals surface area contributed by atoms with Crippen molar-refractivity contribution in [3.63, 3.8) is 0 Å². The minimum atomic E-state index is -1.03. The fraction of sp³-hybridized carbons (Fsp3) is 0.429. The Balaban J connectivity index is 1.48. The Morgan fingerprint density at radius 3 is 2.62 bits per heavy atom. The Hall–Kier alpha value is -3.08. The molecule has 1 atom stereocenters. The van der Waals surface area contributed by atoms with Gasteiger partial charge in [-0.25, -0.2) is 9.97 Å². The van der Waals surface area contributed by atoms with Crippen LogP contribution < -0.4 is 9.64 Å². The Kier molecular flexibility index (Phi) is 8.44. The lowest BCUT2D eigenvalue weighted by molar-refractivity contribution is -0.141. The zero-order valence-electron chi connectivity index (χ0n) is 21.4. The van der Waals surface area contributed by atoms with Crippen molar-refractivity contribution in [1.29, 1.82) is 0 Å². The summed E-state index contributed by atoms with van der Waals surface area (Å²) in [6.45, 7) is 1.22. The number of pyridine rings is 1. The van der Waals surface area contributed by atoms with Crippen LogP contribution in [0.25, 0.3) is 22.4 Å². The van der Waals surface area contributed by atoms with Crippen LogP contribution in [0.5, 0.6) is 5.88 Å². The quantitative estimate of drug-likeness (QED) is 0.314. The second-order valence-corrected chi connectivity index (χ2v) is 11.3. The van der Waals surface area contributed by atoms with E-state index in [4.69, 9.17) is 21.1 Å². The van der Waals surface area contributed by atoms with Gasteiger partial charge in [-0.05, 0) is 61.8 Å². The number of hydrogen-bond acceptors (Lipinski definition) is 7. The van der Waals surface area contributed by atoms with E-state index in [0.29, 0.717) is 41.7 Å². The largest absolute Gasteiger partial charge is 0.481 e. The average molecular weight is 574 g/mol. The normalized spacial score (nSPS) is 16.6. The lowest BCUT2D eigenvalue weighted by Gasteiger charge is -2.29. The number of nitrogens with zero attached hydrogens (tertiary/aromatic N) is 3. The summed E-state index contributed by atoms with van der Waals surface area (Å²) in [5, 5.41) is 9.67. The predicted octanol–water partition coefficient (Wildman–Crippen LogP) is 6.08. The molecule has 0 spiro atoms. The number of carboxylic acid groups (broad SMARTS) is 1. The number of aliphatic carboxylic acids is 1. The number of benzene rings is 1. The minimum Gasteiger partial charge on any atom is -0.481 e. The van der Waals surface area contributed by atoms with Crippen LogP contribution >= 0.6 is 22.9 Å². The van der Waals surface area contributed by atoms with Crippen LogP contribution in [0.1, 0.15) is 38.5 Å². The number of ether oxygens (including phenoxy) is 2. The summed E-state index contributed by atoms with van der Waals surface area (Å²) in [5.41, 5.74) is 1.96. The monoisotopic (exact) mass is 573 g/mol. The molecule has 206 valence electrons. The fourth-order valence-electron chi connectivity index (χ4n) is 5.01. The molecule has 1 saturated heterocycles. The maximum absolute atomic E-state index is 15.6. The molecule has 3 aromatic rings. The van der Waals surface area contributed by atoms with E-state index >= 15 is 4.39 Å². The highest BCUT2D eigenvalue weighted by Gasteiger charge is 2.40. The van der Waals surface area contributed by atoms with Gasteiger partial charge in [-0.15, -0.1) is 0 Å². The van der Waals surface area contributed by atoms with E-state index in [-0.39, 0.29) is 35.1 Å². The molecule has 1 N–H and O–H groups in total. The lowest BCUT2D eigenvalue weighted by Crippen LogP contribution is -2.40. The first kappa shape index (κ1) is 27.5. The van der Waals surface area contributed by atoms with Gasteiger partial charge in [-0.2, -0.15) is 4.39 Å². The molecule has 0 bridgehead atoms. The van der Waals surface area contributed by atoms with Gasteiger partial charge in [-0.3, -0.25) is 14.5 Å². The topological polar surface area (TPSA) is 102 Å². The van der Waals surface area contributed by atoms with Crippen molar-refractivity contribution < 1.29 is 28.6 Å². The molecule has 3 heterocycles. The maximum Gasteiger partial charge on any atom is 0.304 e. The number of carbonyl (C=O) groups is 2. The van der Waals surface area contributed by atoms with Crippen LogP contribution in [0, 0.1) is 17.0 Å². The Labute approximate surface area is 234 Å². The van der Waals surface area contributed by atoms with Crippen molar-refractivity contribution in [3.05, 3.63) is 46.7 Å². The molecule has 2 aliphatic rings. The standard InChI is InChI=1S/C28H29ClFN3O5S/c1-37-23-7-2-17(15-31-23)21-6-3-19(29)14-22(21)25-26(30)39-28(32-25)33(20-4-5-20)27(36)18(13-24(34)35)12-16-8-10-38-11-9-16/h2-3,6-7,14-16,18,20H,4-5,8-13H2,1H3,(H,34,35)/t18-/m1/s1. The zero-order valence-corrected chi connectivity index (χ0v) is 23.0. The summed E-state index contributed by atoms with van der Waals surface area (Å²) in [6, 6.07) is 8.54. The number of anilines is 1. The third-order valence-corrected chi connectivity index (χ3v) is 8.23. The molecule has 11 heteroatoms. The van der Waals surface area contributed by atoms with Crippen molar-refractivity contribution in [2.75, 3.05) is 25.2 Å². The van der Waals surface area contributed by atoms with Crippen LogP contribution in [-0.4, -0.2) is 53.3 Å². The van der Waals surface area contributed by atoms with Gasteiger partial charge in [0.05, 0.1) is 13.5 Å². The molecule has 39 heavy (non-hydrogen) atoms. The molecule has 8 nitrogen and oxygen atoms in total. The molecule has 1 aliphatic heterocycles. The highest BCUT2D eigenvalue weighted by Crippen LogP contribution is 2.42. The Morgan fingerprint density at radius 1 is 1.21 bits per heavy atom. The average Bonchev–Trinajstić information content (AvgIpc) is 3.69. The summed E-state index contributed by atoms with van der Waals surface area (Å²) < 4.78 is 26.1. The van der Waals surface area contributed by atoms with Crippen molar-refractivity contribution in [2.45, 2.75) is 44.6 Å². The summed E-state index contributed by atoms with van der Waals surface area (Å²) in [7, 11) is 1.53. The van der Waals surface area contributed by atoms with E-state index < -0.39 is 17.0 Å². The molecule has 1 aromatic carbocycles. The van der Waals surface area contributed by atoms with Gasteiger partial charge < -0.3 is 14.6 Å². The molecule has 0 radical (unpaired) electrons. The molecule has 5 rings (SSSR count). The van der Waals surface area contributed by atoms with Crippen molar-refractivity contribution in [1.82, 2.24) is 9.97 Å². The Morgan fingerprint density at radius 2 is 1.97 bits per heavy atom. The first-order valence-electron chi connectivity index (χ1n) is 12.9. The van der Waals surface area contributed by atoms with E-state index in [2.05, 4.69) is 9.97 Å². The number of amides is 1. The first-order valence-corrected chi connectivity index (χ1v) is 14.1. The fourth-order valence-corrected chi connectivity index (χ4v) is 6.07. The van der Waals surface area contributed by atoms with E-state index in [0.717, 1.165) is 42.6 Å². The summed E-state index contributed by atoms with van der Waals surface area (Å²) in [4.78, 5) is 35.9. The first-order chi connectivity index (χ1) is 18.8. The van der Waals surface area contributed by atoms with E-state index in [9.17, 15) is 14.7 Å². The van der Waals surface area contributed by atoms with Crippen LogP contribution in [0.2, 0.25) is 5.02 Å². The van der Waals surface area contributed by atoms with Gasteiger partial charge in [0.2, 0.25) is 16.9 Å². The number of thiazole rings is 1. The third kappa shape index (κ3) is 6.40. The predicted molar refractivity (Wildman–Crippen MR) is 147 cm³/mol. The van der Waals surface area contributed by atoms with Crippen molar-refractivity contribution in [3.8, 4) is 28.3 Å². The molecule has 1 aliphatic carbocycles. The highest BCUT2D eigenvalue weighted by molar-refractivity contribution is 7.14. The number of halogens is 2. The highest BCUT2D eigenvalue weighted by atomic mass is 35.5. The number of rotatable bonds is 10. The third-order valence-electron chi connectivity index (χ3n) is 7.15. The minimum absolute atomic E-state index is 0.0842. The van der Waals surface area contributed by atoms with E-state index in [1.165, 1.54) is 12.0 Å². The second kappa shape index (κ2) is 12.0. The van der Waals surface area contributed by atoms with Crippen molar-refractivity contribution in [2.24, 2.45) is 11.8 Å². The molecular weight excluding hydrogens is 545 g/mol. The number of carbonyl (C=O) groups excluding carboxylic acids is 1. The van der Waals surface area contributed by atoms with Crippen LogP contribution in [-0.2, 0) is 14.3 Å². The van der Waals surface area contributed by atoms with Gasteiger partial charge in [-0.1, -0.05) is 29.0 Å². The van der Waals surface area contributed by atoms with Crippen LogP contribution in [0.3, 0.4) is 0 Å². The lowest BCUT2D eigenvalue weighted by atomic mass is 9.86. The maximum atomic E-state index is 15.6. The molecule has 1 saturated carbocycles. The SMILES string of the molecule is COc1ccc(-c2ccc(Cl)cc2-c2nc(N(C(=O)[C@@H](CC(=O)O)CC3CCOCC3)C3CC3)sc2F)cn1. The second-order valence-electron chi connectivity index (χ2n) is 9.92. The number of hydrogen-bond donors (Lipinski definition) is 1. The molecule has 1 amide bonds. The van der Waals surface area contributed by atoms with Crippen LogP contribution in [0.4, 0.5) is 9.52 Å². The van der Waals surface area contributed by atoms with Gasteiger partial charge in [0, 0.05) is 53.6 Å². The molecule has 2 fully saturated rings. The smallest absolute Gasteiger partial charge is 0.304 e. The summed E-state index contributed by atoms with van der Waals surface area (Å²) in [6.07, 6.45) is 4.92. The van der Waals surface area contributed by atoms with Crippen LogP contribution in [0.15, 0.2) is 36.5 Å². The van der Waals surface area contributed by atoms with Crippen molar-refractivity contribution >= 4 is 39.9 Å². The zero-order chi connectivity index (χ0) is 27.5.